The van der Waals surface area contributed by atoms with Crippen molar-refractivity contribution in [3.8, 4) is 0 Å². The van der Waals surface area contributed by atoms with Gasteiger partial charge in [0.15, 0.2) is 5.13 Å². The van der Waals surface area contributed by atoms with Gasteiger partial charge in [0.1, 0.15) is 0 Å². The van der Waals surface area contributed by atoms with Gasteiger partial charge in [0, 0.05) is 18.1 Å². The number of benzene rings is 1. The van der Waals surface area contributed by atoms with Gasteiger partial charge in [0.2, 0.25) is 0 Å². The van der Waals surface area contributed by atoms with Gasteiger partial charge < -0.3 is 10.1 Å². The van der Waals surface area contributed by atoms with Gasteiger partial charge in [-0.25, -0.2) is 4.98 Å². The predicted molar refractivity (Wildman–Crippen MR) is 76.9 cm³/mol. The van der Waals surface area contributed by atoms with Crippen LogP contribution in [0.5, 0.6) is 0 Å². The number of hydrogen-bond acceptors (Lipinski definition) is 4. The van der Waals surface area contributed by atoms with E-state index in [1.54, 1.807) is 18.4 Å². The lowest BCUT2D eigenvalue weighted by Crippen LogP contribution is -2.31. The van der Waals surface area contributed by atoms with Crippen LogP contribution in [-0.4, -0.2) is 24.2 Å². The minimum Gasteiger partial charge on any atom is -0.377 e. The molecule has 0 aliphatic heterocycles. The molecule has 5 heteroatoms. The highest BCUT2D eigenvalue weighted by molar-refractivity contribution is 9.10. The van der Waals surface area contributed by atoms with E-state index in [0.29, 0.717) is 0 Å². The molecule has 0 spiro atoms. The number of rotatable bonds is 4. The summed E-state index contributed by atoms with van der Waals surface area (Å²) in [6.07, 6.45) is 0. The number of thiazole rings is 1. The van der Waals surface area contributed by atoms with Gasteiger partial charge in [-0.2, -0.15) is 0 Å². The molecule has 3 nitrogen and oxygen atoms in total. The van der Waals surface area contributed by atoms with Crippen molar-refractivity contribution in [2.45, 2.75) is 19.4 Å². The normalized spacial score (nSPS) is 12.0. The monoisotopic (exact) mass is 314 g/mol. The number of nitrogens with one attached hydrogen (secondary N) is 1. The lowest BCUT2D eigenvalue weighted by atomic mass is 10.1. The highest BCUT2D eigenvalue weighted by Gasteiger charge is 2.16. The molecule has 0 saturated carbocycles. The molecule has 1 N–H and O–H groups in total. The van der Waals surface area contributed by atoms with Crippen LogP contribution in [0.2, 0.25) is 0 Å². The lowest BCUT2D eigenvalue weighted by Gasteiger charge is -2.22. The minimum atomic E-state index is -0.182. The molecule has 1 aromatic carbocycles. The van der Waals surface area contributed by atoms with Crippen molar-refractivity contribution >= 4 is 42.6 Å². The number of fused-ring (bicyclic) bond motifs is 1. The van der Waals surface area contributed by atoms with Crippen molar-refractivity contribution in [1.82, 2.24) is 4.98 Å². The Balaban J connectivity index is 2.15. The molecule has 2 rings (SSSR count). The number of ether oxygens (including phenoxy) is 1. The molecule has 0 aliphatic carbocycles. The van der Waals surface area contributed by atoms with E-state index in [1.807, 2.05) is 26.0 Å². The van der Waals surface area contributed by atoms with E-state index in [-0.39, 0.29) is 5.60 Å². The Morgan fingerprint density at radius 3 is 2.94 bits per heavy atom. The zero-order valence-electron chi connectivity index (χ0n) is 10.1. The Morgan fingerprint density at radius 2 is 2.24 bits per heavy atom. The first-order valence-corrected chi connectivity index (χ1v) is 6.96. The van der Waals surface area contributed by atoms with Crippen LogP contribution >= 0.6 is 27.3 Å². The van der Waals surface area contributed by atoms with Crippen LogP contribution in [-0.2, 0) is 4.74 Å². The molecule has 0 fully saturated rings. The summed E-state index contributed by atoms with van der Waals surface area (Å²) in [5.41, 5.74) is 0.834. The molecular formula is C12H15BrN2OS. The molecule has 0 saturated heterocycles. The van der Waals surface area contributed by atoms with E-state index in [2.05, 4.69) is 32.3 Å². The van der Waals surface area contributed by atoms with Crippen LogP contribution in [0.15, 0.2) is 22.7 Å². The Bertz CT molecular complexity index is 524. The van der Waals surface area contributed by atoms with E-state index >= 15 is 0 Å². The number of nitrogens with zero attached hydrogens (tertiary/aromatic N) is 1. The third kappa shape index (κ3) is 3.18. The molecule has 0 aliphatic rings. The second-order valence-corrected chi connectivity index (χ2v) is 6.39. The van der Waals surface area contributed by atoms with E-state index in [4.69, 9.17) is 4.74 Å². The van der Waals surface area contributed by atoms with Crippen LogP contribution in [0.3, 0.4) is 0 Å². The van der Waals surface area contributed by atoms with Crippen molar-refractivity contribution in [2.75, 3.05) is 19.0 Å². The molecule has 0 bridgehead atoms. The van der Waals surface area contributed by atoms with E-state index < -0.39 is 0 Å². The first-order chi connectivity index (χ1) is 8.00. The van der Waals surface area contributed by atoms with E-state index in [9.17, 15) is 0 Å². The van der Waals surface area contributed by atoms with E-state index in [0.717, 1.165) is 21.7 Å². The van der Waals surface area contributed by atoms with Crippen molar-refractivity contribution in [3.05, 3.63) is 22.7 Å². The van der Waals surface area contributed by atoms with E-state index in [1.165, 1.54) is 4.70 Å². The van der Waals surface area contributed by atoms with Crippen molar-refractivity contribution in [2.24, 2.45) is 0 Å². The Morgan fingerprint density at radius 1 is 1.47 bits per heavy atom. The van der Waals surface area contributed by atoms with Crippen LogP contribution < -0.4 is 5.32 Å². The molecular weight excluding hydrogens is 300 g/mol. The maximum absolute atomic E-state index is 5.36. The van der Waals surface area contributed by atoms with Crippen molar-refractivity contribution < 1.29 is 4.74 Å². The molecule has 1 heterocycles. The summed E-state index contributed by atoms with van der Waals surface area (Å²) in [6.45, 7) is 4.83. The van der Waals surface area contributed by atoms with Crippen molar-refractivity contribution in [3.63, 3.8) is 0 Å². The summed E-state index contributed by atoms with van der Waals surface area (Å²) in [5.74, 6) is 0. The standard InChI is InChI=1S/C12H15BrN2OS/c1-12(2,16-3)7-14-11-15-9-6-8(13)4-5-10(9)17-11/h4-6H,7H2,1-3H3,(H,14,15). The third-order valence-electron chi connectivity index (χ3n) is 2.57. The SMILES string of the molecule is COC(C)(C)CNc1nc2cc(Br)ccc2s1. The van der Waals surface area contributed by atoms with Gasteiger partial charge in [0.05, 0.1) is 15.8 Å². The summed E-state index contributed by atoms with van der Waals surface area (Å²) in [4.78, 5) is 4.53. The summed E-state index contributed by atoms with van der Waals surface area (Å²) in [7, 11) is 1.72. The van der Waals surface area contributed by atoms with Gasteiger partial charge in [-0.15, -0.1) is 0 Å². The number of halogens is 1. The smallest absolute Gasteiger partial charge is 0.183 e. The van der Waals surface area contributed by atoms with Crippen LogP contribution in [0.4, 0.5) is 5.13 Å². The molecule has 1 aromatic heterocycles. The Kier molecular flexibility index (Phi) is 3.70. The summed E-state index contributed by atoms with van der Waals surface area (Å²) < 4.78 is 7.60. The van der Waals surface area contributed by atoms with Gasteiger partial charge >= 0.3 is 0 Å². The molecule has 2 aromatic rings. The Hall–Kier alpha value is -0.650. The largest absolute Gasteiger partial charge is 0.377 e. The molecule has 0 radical (unpaired) electrons. The van der Waals surface area contributed by atoms with Gasteiger partial charge in [-0.3, -0.25) is 0 Å². The number of methoxy groups -OCH3 is 1. The van der Waals surface area contributed by atoms with Crippen LogP contribution in [0.25, 0.3) is 10.2 Å². The summed E-state index contributed by atoms with van der Waals surface area (Å²) >= 11 is 5.11. The number of aromatic nitrogens is 1. The van der Waals surface area contributed by atoms with Crippen LogP contribution in [0, 0.1) is 0 Å². The first-order valence-electron chi connectivity index (χ1n) is 5.35. The molecule has 17 heavy (non-hydrogen) atoms. The zero-order valence-corrected chi connectivity index (χ0v) is 12.5. The zero-order chi connectivity index (χ0) is 12.5. The maximum Gasteiger partial charge on any atom is 0.183 e. The Labute approximate surface area is 113 Å². The van der Waals surface area contributed by atoms with Crippen molar-refractivity contribution in [1.29, 1.82) is 0 Å². The summed E-state index contributed by atoms with van der Waals surface area (Å²) in [6, 6.07) is 6.13. The second-order valence-electron chi connectivity index (χ2n) is 4.45. The predicted octanol–water partition coefficient (Wildman–Crippen LogP) is 3.90. The fraction of sp³-hybridized carbons (Fsp3) is 0.417. The minimum absolute atomic E-state index is 0.182. The van der Waals surface area contributed by atoms with Gasteiger partial charge in [-0.05, 0) is 32.0 Å². The average molecular weight is 315 g/mol. The lowest BCUT2D eigenvalue weighted by molar-refractivity contribution is 0.0344. The number of anilines is 1. The molecule has 0 amide bonds. The summed E-state index contributed by atoms with van der Waals surface area (Å²) in [5, 5.41) is 4.25. The third-order valence-corrected chi connectivity index (χ3v) is 4.05. The number of hydrogen-bond donors (Lipinski definition) is 1. The van der Waals surface area contributed by atoms with Gasteiger partial charge in [-0.1, -0.05) is 27.3 Å². The molecule has 92 valence electrons. The fourth-order valence-electron chi connectivity index (χ4n) is 1.34. The highest BCUT2D eigenvalue weighted by atomic mass is 79.9. The fourth-order valence-corrected chi connectivity index (χ4v) is 2.53. The quantitative estimate of drug-likeness (QED) is 0.929. The van der Waals surface area contributed by atoms with Crippen LogP contribution in [0.1, 0.15) is 13.8 Å². The van der Waals surface area contributed by atoms with Gasteiger partial charge in [0.25, 0.3) is 0 Å². The highest BCUT2D eigenvalue weighted by Crippen LogP contribution is 2.28. The molecule has 0 atom stereocenters. The topological polar surface area (TPSA) is 34.1 Å². The second kappa shape index (κ2) is 4.92. The first kappa shape index (κ1) is 12.8. The average Bonchev–Trinajstić information content (AvgIpc) is 2.68. The molecule has 0 unspecified atom stereocenters. The maximum atomic E-state index is 5.36.